The van der Waals surface area contributed by atoms with E-state index in [1.165, 1.54) is 4.88 Å². The Kier molecular flexibility index (Phi) is 5.26. The molecule has 1 atom stereocenters. The Balaban J connectivity index is 2.02. The molecule has 1 amide bonds. The predicted octanol–water partition coefficient (Wildman–Crippen LogP) is 4.97. The maximum Gasteiger partial charge on any atom is 0.412 e. The van der Waals surface area contributed by atoms with Crippen molar-refractivity contribution in [2.24, 2.45) is 0 Å². The Morgan fingerprint density at radius 1 is 1.30 bits per heavy atom. The molecule has 0 fully saturated rings. The normalized spacial score (nSPS) is 12.6. The van der Waals surface area contributed by atoms with Crippen LogP contribution in [0.3, 0.4) is 0 Å². The second kappa shape index (κ2) is 7.00. The van der Waals surface area contributed by atoms with E-state index in [4.69, 9.17) is 4.74 Å². The number of nitrogens with zero attached hydrogens (tertiary/aromatic N) is 1. The molecule has 0 radical (unpaired) electrons. The van der Waals surface area contributed by atoms with Crippen LogP contribution in [0.1, 0.15) is 44.3 Å². The lowest BCUT2D eigenvalue weighted by atomic mass is 10.2. The fraction of sp³-hybridized carbons (Fsp3) is 0.412. The zero-order chi connectivity index (χ0) is 17.0. The van der Waals surface area contributed by atoms with E-state index >= 15 is 0 Å². The van der Waals surface area contributed by atoms with Gasteiger partial charge in [-0.15, -0.1) is 11.3 Å². The molecule has 0 spiro atoms. The van der Waals surface area contributed by atoms with Crippen LogP contribution in [-0.2, 0) is 4.74 Å². The highest BCUT2D eigenvalue weighted by molar-refractivity contribution is 7.09. The maximum atomic E-state index is 11.8. The summed E-state index contributed by atoms with van der Waals surface area (Å²) in [6.45, 7) is 9.61. The van der Waals surface area contributed by atoms with E-state index in [1.807, 2.05) is 57.5 Å². The number of aromatic nitrogens is 1. The predicted molar refractivity (Wildman–Crippen MR) is 95.2 cm³/mol. The van der Waals surface area contributed by atoms with Gasteiger partial charge >= 0.3 is 6.09 Å². The van der Waals surface area contributed by atoms with Crippen LogP contribution in [0.2, 0.25) is 0 Å². The molecule has 1 aromatic carbocycles. The van der Waals surface area contributed by atoms with Crippen LogP contribution >= 0.6 is 11.3 Å². The number of carbonyl (C=O) groups is 1. The van der Waals surface area contributed by atoms with Gasteiger partial charge in [0.25, 0.3) is 0 Å². The van der Waals surface area contributed by atoms with Crippen molar-refractivity contribution < 1.29 is 9.53 Å². The van der Waals surface area contributed by atoms with Crippen LogP contribution in [0.15, 0.2) is 29.8 Å². The molecule has 0 aliphatic carbocycles. The minimum atomic E-state index is -0.516. The van der Waals surface area contributed by atoms with Crippen molar-refractivity contribution in [2.45, 2.75) is 46.3 Å². The summed E-state index contributed by atoms with van der Waals surface area (Å²) in [5, 5.41) is 6.17. The maximum absolute atomic E-state index is 11.8. The van der Waals surface area contributed by atoms with Gasteiger partial charge in [0, 0.05) is 16.3 Å². The molecule has 0 bridgehead atoms. The van der Waals surface area contributed by atoms with Gasteiger partial charge in [-0.05, 0) is 52.8 Å². The third kappa shape index (κ3) is 5.25. The quantitative estimate of drug-likeness (QED) is 0.829. The first-order valence-corrected chi connectivity index (χ1v) is 8.39. The molecular weight excluding hydrogens is 310 g/mol. The number of anilines is 2. The number of hydrogen-bond donors (Lipinski definition) is 2. The van der Waals surface area contributed by atoms with Gasteiger partial charge in [-0.25, -0.2) is 9.78 Å². The molecule has 124 valence electrons. The summed E-state index contributed by atoms with van der Waals surface area (Å²) in [5.74, 6) is 0. The Morgan fingerprint density at radius 2 is 2.00 bits per heavy atom. The van der Waals surface area contributed by atoms with E-state index in [9.17, 15) is 4.79 Å². The van der Waals surface area contributed by atoms with Gasteiger partial charge in [-0.3, -0.25) is 5.32 Å². The molecule has 1 unspecified atom stereocenters. The summed E-state index contributed by atoms with van der Waals surface area (Å²) < 4.78 is 5.26. The van der Waals surface area contributed by atoms with Gasteiger partial charge in [0.2, 0.25) is 0 Å². The van der Waals surface area contributed by atoms with E-state index in [0.717, 1.165) is 11.4 Å². The Hall–Kier alpha value is -2.08. The topological polar surface area (TPSA) is 63.2 Å². The summed E-state index contributed by atoms with van der Waals surface area (Å²) in [7, 11) is 0. The van der Waals surface area contributed by atoms with E-state index < -0.39 is 11.7 Å². The van der Waals surface area contributed by atoms with Crippen molar-refractivity contribution >= 4 is 28.8 Å². The molecule has 1 heterocycles. The summed E-state index contributed by atoms with van der Waals surface area (Å²) in [6.07, 6.45) is -0.457. The number of benzene rings is 1. The van der Waals surface area contributed by atoms with Crippen molar-refractivity contribution in [3.05, 3.63) is 40.3 Å². The highest BCUT2D eigenvalue weighted by Gasteiger charge is 2.16. The molecule has 0 saturated carbocycles. The van der Waals surface area contributed by atoms with Gasteiger partial charge in [0.1, 0.15) is 5.60 Å². The average Bonchev–Trinajstić information content (AvgIpc) is 2.83. The molecule has 0 aliphatic heterocycles. The fourth-order valence-corrected chi connectivity index (χ4v) is 2.96. The average molecular weight is 333 g/mol. The molecule has 2 rings (SSSR count). The number of ether oxygens (including phenoxy) is 1. The number of aryl methyl sites for hydroxylation is 1. The Morgan fingerprint density at radius 3 is 2.61 bits per heavy atom. The molecule has 0 saturated heterocycles. The number of amides is 1. The SMILES string of the molecule is Cc1ncsc1C(C)Nc1cccc(NC(=O)OC(C)(C)C)c1. The van der Waals surface area contributed by atoms with Crippen LogP contribution < -0.4 is 10.6 Å². The van der Waals surface area contributed by atoms with Crippen LogP contribution in [0, 0.1) is 6.92 Å². The van der Waals surface area contributed by atoms with Crippen LogP contribution in [0.4, 0.5) is 16.2 Å². The lowest BCUT2D eigenvalue weighted by molar-refractivity contribution is 0.0636. The first kappa shape index (κ1) is 17.3. The third-order valence-corrected chi connectivity index (χ3v) is 4.18. The molecule has 5 nitrogen and oxygen atoms in total. The fourth-order valence-electron chi connectivity index (χ4n) is 2.15. The van der Waals surface area contributed by atoms with Crippen molar-refractivity contribution in [1.82, 2.24) is 4.98 Å². The van der Waals surface area contributed by atoms with E-state index in [1.54, 1.807) is 11.3 Å². The molecular formula is C17H23N3O2S. The van der Waals surface area contributed by atoms with Crippen LogP contribution in [0.25, 0.3) is 0 Å². The molecule has 0 aliphatic rings. The van der Waals surface area contributed by atoms with Gasteiger partial charge in [0.15, 0.2) is 0 Å². The molecule has 6 heteroatoms. The molecule has 23 heavy (non-hydrogen) atoms. The summed E-state index contributed by atoms with van der Waals surface area (Å²) in [5.41, 5.74) is 4.00. The first-order chi connectivity index (χ1) is 10.7. The molecule has 1 aromatic heterocycles. The highest BCUT2D eigenvalue weighted by atomic mass is 32.1. The van der Waals surface area contributed by atoms with Crippen LogP contribution in [0.5, 0.6) is 0 Å². The number of carbonyl (C=O) groups excluding carboxylic acids is 1. The first-order valence-electron chi connectivity index (χ1n) is 7.51. The van der Waals surface area contributed by atoms with E-state index in [2.05, 4.69) is 22.5 Å². The summed E-state index contributed by atoms with van der Waals surface area (Å²) in [6, 6.07) is 7.72. The van der Waals surface area contributed by atoms with Gasteiger partial charge < -0.3 is 10.1 Å². The van der Waals surface area contributed by atoms with Crippen molar-refractivity contribution in [1.29, 1.82) is 0 Å². The number of nitrogens with one attached hydrogen (secondary N) is 2. The molecule has 2 aromatic rings. The third-order valence-electron chi connectivity index (χ3n) is 3.07. The van der Waals surface area contributed by atoms with Gasteiger partial charge in [-0.2, -0.15) is 0 Å². The monoisotopic (exact) mass is 333 g/mol. The van der Waals surface area contributed by atoms with Gasteiger partial charge in [-0.1, -0.05) is 6.07 Å². The Labute approximate surface area is 141 Å². The lowest BCUT2D eigenvalue weighted by Gasteiger charge is -2.20. The number of hydrogen-bond acceptors (Lipinski definition) is 5. The second-order valence-corrected chi connectivity index (χ2v) is 7.26. The van der Waals surface area contributed by atoms with E-state index in [0.29, 0.717) is 5.69 Å². The second-order valence-electron chi connectivity index (χ2n) is 6.38. The minimum absolute atomic E-state index is 0.152. The van der Waals surface area contributed by atoms with Crippen molar-refractivity contribution in [3.63, 3.8) is 0 Å². The Bertz CT molecular complexity index is 676. The summed E-state index contributed by atoms with van der Waals surface area (Å²) in [4.78, 5) is 17.3. The highest BCUT2D eigenvalue weighted by Crippen LogP contribution is 2.26. The van der Waals surface area contributed by atoms with E-state index in [-0.39, 0.29) is 6.04 Å². The van der Waals surface area contributed by atoms with Gasteiger partial charge in [0.05, 0.1) is 17.2 Å². The largest absolute Gasteiger partial charge is 0.444 e. The van der Waals surface area contributed by atoms with Crippen molar-refractivity contribution in [3.8, 4) is 0 Å². The smallest absolute Gasteiger partial charge is 0.412 e. The lowest BCUT2D eigenvalue weighted by Crippen LogP contribution is -2.27. The standard InChI is InChI=1S/C17H23N3O2S/c1-11-15(23-10-18-11)12(2)19-13-7-6-8-14(9-13)20-16(21)22-17(3,4)5/h6-10,12,19H,1-5H3,(H,20,21). The number of thiazole rings is 1. The zero-order valence-electron chi connectivity index (χ0n) is 14.1. The minimum Gasteiger partial charge on any atom is -0.444 e. The zero-order valence-corrected chi connectivity index (χ0v) is 15.0. The summed E-state index contributed by atoms with van der Waals surface area (Å²) >= 11 is 1.63. The van der Waals surface area contributed by atoms with Crippen LogP contribution in [-0.4, -0.2) is 16.7 Å². The molecule has 2 N–H and O–H groups in total. The number of rotatable bonds is 4. The van der Waals surface area contributed by atoms with Crippen molar-refractivity contribution in [2.75, 3.05) is 10.6 Å².